The summed E-state index contributed by atoms with van der Waals surface area (Å²) in [5, 5.41) is 10.1. The van der Waals surface area contributed by atoms with Gasteiger partial charge in [0.15, 0.2) is 0 Å². The summed E-state index contributed by atoms with van der Waals surface area (Å²) in [6, 6.07) is 0. The van der Waals surface area contributed by atoms with Crippen molar-refractivity contribution in [2.45, 2.75) is 124 Å². The highest BCUT2D eigenvalue weighted by atomic mass is 16.3. The van der Waals surface area contributed by atoms with E-state index in [1.807, 2.05) is 0 Å². The quantitative estimate of drug-likeness (QED) is 0.345. The molecule has 3 aliphatic rings. The Balaban J connectivity index is 1.76. The van der Waals surface area contributed by atoms with Gasteiger partial charge < -0.3 is 5.11 Å². The highest BCUT2D eigenvalue weighted by Crippen LogP contribution is 2.60. The van der Waals surface area contributed by atoms with Crippen molar-refractivity contribution in [1.82, 2.24) is 0 Å². The topological polar surface area (TPSA) is 20.2 Å². The van der Waals surface area contributed by atoms with Gasteiger partial charge in [0.2, 0.25) is 0 Å². The molecule has 0 aliphatic heterocycles. The molecule has 5 atom stereocenters. The SMILES string of the molecule is C=C1CC[C@H](O)C/C1=C\C=C1/CCC[C@]2(C)[C@@H]([C@@H](CCC=C(C)C)CCCC(C)C)CC[C@@H]12. The van der Waals surface area contributed by atoms with Crippen molar-refractivity contribution in [2.24, 2.45) is 29.1 Å². The van der Waals surface area contributed by atoms with E-state index in [1.54, 1.807) is 5.57 Å². The lowest BCUT2D eigenvalue weighted by Gasteiger charge is -2.45. The molecule has 0 radical (unpaired) electrons. The van der Waals surface area contributed by atoms with E-state index in [9.17, 15) is 5.11 Å². The minimum Gasteiger partial charge on any atom is -0.393 e. The Labute approximate surface area is 205 Å². The Morgan fingerprint density at radius 3 is 2.61 bits per heavy atom. The Hall–Kier alpha value is -1.08. The summed E-state index contributed by atoms with van der Waals surface area (Å²) in [6.07, 6.45) is 23.3. The van der Waals surface area contributed by atoms with Crippen LogP contribution in [0, 0.1) is 29.1 Å². The first-order valence-electron chi connectivity index (χ1n) is 14.1. The molecule has 3 fully saturated rings. The molecule has 0 bridgehead atoms. The van der Waals surface area contributed by atoms with Crippen LogP contribution >= 0.6 is 0 Å². The Morgan fingerprint density at radius 1 is 1.09 bits per heavy atom. The van der Waals surface area contributed by atoms with E-state index < -0.39 is 0 Å². The van der Waals surface area contributed by atoms with Gasteiger partial charge in [0.05, 0.1) is 6.10 Å². The molecule has 1 heteroatoms. The monoisotopic (exact) mass is 452 g/mol. The van der Waals surface area contributed by atoms with Crippen molar-refractivity contribution in [3.63, 3.8) is 0 Å². The van der Waals surface area contributed by atoms with Crippen molar-refractivity contribution in [2.75, 3.05) is 0 Å². The number of hydrogen-bond donors (Lipinski definition) is 1. The first kappa shape index (κ1) is 26.5. The van der Waals surface area contributed by atoms with Crippen LogP contribution in [-0.2, 0) is 0 Å². The summed E-state index contributed by atoms with van der Waals surface area (Å²) >= 11 is 0. The van der Waals surface area contributed by atoms with Crippen molar-refractivity contribution < 1.29 is 5.11 Å². The van der Waals surface area contributed by atoms with Gasteiger partial charge in [0.25, 0.3) is 0 Å². The molecule has 0 amide bonds. The van der Waals surface area contributed by atoms with E-state index in [1.165, 1.54) is 80.9 Å². The van der Waals surface area contributed by atoms with Gasteiger partial charge in [-0.2, -0.15) is 0 Å². The van der Waals surface area contributed by atoms with Crippen LogP contribution in [0.25, 0.3) is 0 Å². The number of hydrogen-bond acceptors (Lipinski definition) is 1. The molecule has 3 aliphatic carbocycles. The zero-order chi connectivity index (χ0) is 24.0. The zero-order valence-corrected chi connectivity index (χ0v) is 22.5. The molecule has 0 unspecified atom stereocenters. The summed E-state index contributed by atoms with van der Waals surface area (Å²) in [5.74, 6) is 3.33. The Kier molecular flexibility index (Phi) is 9.69. The van der Waals surface area contributed by atoms with Gasteiger partial charge in [-0.3, -0.25) is 0 Å². The van der Waals surface area contributed by atoms with E-state index >= 15 is 0 Å². The third kappa shape index (κ3) is 6.97. The lowest BCUT2D eigenvalue weighted by atomic mass is 9.60. The third-order valence-corrected chi connectivity index (χ3v) is 9.24. The van der Waals surface area contributed by atoms with E-state index in [2.05, 4.69) is 59.4 Å². The van der Waals surface area contributed by atoms with Crippen molar-refractivity contribution >= 4 is 0 Å². The van der Waals surface area contributed by atoms with Crippen LogP contribution in [0.3, 0.4) is 0 Å². The minimum atomic E-state index is -0.181. The predicted octanol–water partition coefficient (Wildman–Crippen LogP) is 9.35. The maximum atomic E-state index is 10.1. The number of aliphatic hydroxyl groups is 1. The Morgan fingerprint density at radius 2 is 1.88 bits per heavy atom. The average Bonchev–Trinajstić information content (AvgIpc) is 3.10. The van der Waals surface area contributed by atoms with E-state index in [0.29, 0.717) is 5.41 Å². The minimum absolute atomic E-state index is 0.181. The van der Waals surface area contributed by atoms with Crippen LogP contribution in [-0.4, -0.2) is 11.2 Å². The smallest absolute Gasteiger partial charge is 0.0583 e. The van der Waals surface area contributed by atoms with Crippen molar-refractivity contribution in [1.29, 1.82) is 0 Å². The number of fused-ring (bicyclic) bond motifs is 1. The lowest BCUT2D eigenvalue weighted by Crippen LogP contribution is -2.36. The maximum absolute atomic E-state index is 10.1. The molecule has 1 nitrogen and oxygen atoms in total. The molecule has 186 valence electrons. The highest BCUT2D eigenvalue weighted by Gasteiger charge is 2.51. The van der Waals surface area contributed by atoms with Crippen LogP contribution in [0.5, 0.6) is 0 Å². The third-order valence-electron chi connectivity index (χ3n) is 9.24. The van der Waals surface area contributed by atoms with Gasteiger partial charge in [0, 0.05) is 0 Å². The van der Waals surface area contributed by atoms with Crippen LogP contribution < -0.4 is 0 Å². The molecule has 0 aromatic rings. The summed E-state index contributed by atoms with van der Waals surface area (Å²) in [7, 11) is 0. The van der Waals surface area contributed by atoms with Gasteiger partial charge in [-0.25, -0.2) is 0 Å². The molecule has 3 rings (SSSR count). The zero-order valence-electron chi connectivity index (χ0n) is 22.5. The average molecular weight is 453 g/mol. The Bertz CT molecular complexity index is 746. The van der Waals surface area contributed by atoms with E-state index in [-0.39, 0.29) is 6.10 Å². The fraction of sp³-hybridized carbons (Fsp3) is 0.750. The molecule has 3 saturated carbocycles. The molecule has 1 N–H and O–H groups in total. The molecular weight excluding hydrogens is 400 g/mol. The van der Waals surface area contributed by atoms with Crippen LogP contribution in [0.1, 0.15) is 118 Å². The second-order valence-electron chi connectivity index (χ2n) is 12.5. The molecule has 0 heterocycles. The molecular formula is C32H52O. The molecule has 0 spiro atoms. The molecule has 0 aromatic heterocycles. The fourth-order valence-electron chi connectivity index (χ4n) is 7.37. The maximum Gasteiger partial charge on any atom is 0.0583 e. The van der Waals surface area contributed by atoms with Gasteiger partial charge in [-0.1, -0.05) is 81.6 Å². The first-order valence-corrected chi connectivity index (χ1v) is 14.1. The second-order valence-corrected chi connectivity index (χ2v) is 12.5. The second kappa shape index (κ2) is 12.1. The number of allylic oxidation sites excluding steroid dienone is 6. The van der Waals surface area contributed by atoms with Crippen molar-refractivity contribution in [3.05, 3.63) is 47.1 Å². The van der Waals surface area contributed by atoms with Gasteiger partial charge in [-0.15, -0.1) is 0 Å². The molecule has 0 saturated heterocycles. The standard InChI is InChI=1S/C32H52O/c1-23(2)10-7-12-26(13-8-11-24(3)4)30-19-20-31-27(14-9-21-32(30,31)6)16-17-28-22-29(33)18-15-25(28)5/h10,16-17,24,26,29-31,33H,5,7-9,11-15,18-22H2,1-4,6H3/b27-16+,28-17+/t26-,29-,30+,31-,32+/m0/s1. The lowest BCUT2D eigenvalue weighted by molar-refractivity contribution is 0.0824. The van der Waals surface area contributed by atoms with Gasteiger partial charge in [0.1, 0.15) is 0 Å². The highest BCUT2D eigenvalue weighted by molar-refractivity contribution is 5.36. The fourth-order valence-corrected chi connectivity index (χ4v) is 7.37. The summed E-state index contributed by atoms with van der Waals surface area (Å²) < 4.78 is 0. The number of rotatable bonds is 9. The van der Waals surface area contributed by atoms with Crippen LogP contribution in [0.4, 0.5) is 0 Å². The molecule has 0 aromatic carbocycles. The van der Waals surface area contributed by atoms with Crippen LogP contribution in [0.2, 0.25) is 0 Å². The molecule has 33 heavy (non-hydrogen) atoms. The van der Waals surface area contributed by atoms with Crippen molar-refractivity contribution in [3.8, 4) is 0 Å². The number of aliphatic hydroxyl groups excluding tert-OH is 1. The summed E-state index contributed by atoms with van der Waals surface area (Å²) in [4.78, 5) is 0. The van der Waals surface area contributed by atoms with E-state index in [0.717, 1.165) is 42.9 Å². The predicted molar refractivity (Wildman–Crippen MR) is 144 cm³/mol. The normalized spacial score (nSPS) is 33.5. The van der Waals surface area contributed by atoms with Crippen LogP contribution in [0.15, 0.2) is 47.1 Å². The largest absolute Gasteiger partial charge is 0.393 e. The summed E-state index contributed by atoms with van der Waals surface area (Å²) in [6.45, 7) is 16.2. The first-order chi connectivity index (χ1) is 15.7. The summed E-state index contributed by atoms with van der Waals surface area (Å²) in [5.41, 5.74) is 6.16. The van der Waals surface area contributed by atoms with E-state index in [4.69, 9.17) is 0 Å². The van der Waals surface area contributed by atoms with Gasteiger partial charge in [-0.05, 0) is 113 Å². The van der Waals surface area contributed by atoms with Gasteiger partial charge >= 0.3 is 0 Å².